The Morgan fingerprint density at radius 3 is 3.00 bits per heavy atom. The Labute approximate surface area is 87.5 Å². The summed E-state index contributed by atoms with van der Waals surface area (Å²) in [6.45, 7) is 2.71. The van der Waals surface area contributed by atoms with Crippen LogP contribution in [0.15, 0.2) is 12.1 Å². The molecule has 1 aromatic heterocycles. The lowest BCUT2D eigenvalue weighted by Gasteiger charge is -2.02. The number of nitrogens with zero attached hydrogens (tertiary/aromatic N) is 1. The summed E-state index contributed by atoms with van der Waals surface area (Å²) in [7, 11) is 1.90. The van der Waals surface area contributed by atoms with Gasteiger partial charge >= 0.3 is 0 Å². The number of H-pyrrole nitrogens is 1. The molecule has 0 unspecified atom stereocenters. The van der Waals surface area contributed by atoms with Crippen LogP contribution in [-0.2, 0) is 6.54 Å². The van der Waals surface area contributed by atoms with Crippen LogP contribution in [-0.4, -0.2) is 17.0 Å². The molecule has 0 spiro atoms. The fraction of sp³-hybridized carbons (Fsp3) is 0.300. The van der Waals surface area contributed by atoms with E-state index in [4.69, 9.17) is 11.6 Å². The summed E-state index contributed by atoms with van der Waals surface area (Å²) in [5.74, 6) is 0.915. The highest BCUT2D eigenvalue weighted by atomic mass is 35.5. The fourth-order valence-corrected chi connectivity index (χ4v) is 1.75. The Hall–Kier alpha value is -1.06. The molecule has 1 heterocycles. The quantitative estimate of drug-likeness (QED) is 0.797. The number of imidazole rings is 1. The molecule has 14 heavy (non-hydrogen) atoms. The maximum atomic E-state index is 6.10. The molecule has 2 rings (SSSR count). The second kappa shape index (κ2) is 3.59. The molecule has 0 radical (unpaired) electrons. The average molecular weight is 210 g/mol. The van der Waals surface area contributed by atoms with E-state index >= 15 is 0 Å². The van der Waals surface area contributed by atoms with Crippen LogP contribution in [0.1, 0.15) is 11.4 Å². The van der Waals surface area contributed by atoms with Gasteiger partial charge < -0.3 is 10.3 Å². The Bertz CT molecular complexity index is 462. The molecule has 1 aromatic carbocycles. The third-order valence-corrected chi connectivity index (χ3v) is 2.49. The molecule has 3 nitrogen and oxygen atoms in total. The van der Waals surface area contributed by atoms with Crippen LogP contribution in [0.5, 0.6) is 0 Å². The van der Waals surface area contributed by atoms with E-state index in [9.17, 15) is 0 Å². The molecule has 0 aliphatic rings. The number of benzene rings is 1. The van der Waals surface area contributed by atoms with Gasteiger partial charge in [-0.2, -0.15) is 0 Å². The smallest absolute Gasteiger partial charge is 0.104 e. The van der Waals surface area contributed by atoms with Gasteiger partial charge in [0.15, 0.2) is 0 Å². The van der Waals surface area contributed by atoms with Crippen molar-refractivity contribution >= 4 is 22.6 Å². The lowest BCUT2D eigenvalue weighted by molar-refractivity contribution is 0.819. The van der Waals surface area contributed by atoms with Crippen LogP contribution in [0.25, 0.3) is 11.0 Å². The van der Waals surface area contributed by atoms with E-state index < -0.39 is 0 Å². The minimum Gasteiger partial charge on any atom is -0.342 e. The van der Waals surface area contributed by atoms with Gasteiger partial charge in [-0.25, -0.2) is 4.98 Å². The van der Waals surface area contributed by atoms with Gasteiger partial charge in [-0.1, -0.05) is 11.6 Å². The minimum absolute atomic E-state index is 0.762. The summed E-state index contributed by atoms with van der Waals surface area (Å²) in [4.78, 5) is 7.50. The maximum absolute atomic E-state index is 6.10. The van der Waals surface area contributed by atoms with Gasteiger partial charge in [0.2, 0.25) is 0 Å². The predicted octanol–water partition coefficient (Wildman–Crippen LogP) is 2.24. The summed E-state index contributed by atoms with van der Waals surface area (Å²) < 4.78 is 0. The first kappa shape index (κ1) is 9.49. The van der Waals surface area contributed by atoms with Gasteiger partial charge in [0, 0.05) is 11.6 Å². The van der Waals surface area contributed by atoms with Crippen molar-refractivity contribution in [2.24, 2.45) is 0 Å². The van der Waals surface area contributed by atoms with Crippen molar-refractivity contribution < 1.29 is 0 Å². The zero-order chi connectivity index (χ0) is 10.1. The third-order valence-electron chi connectivity index (χ3n) is 2.14. The Balaban J connectivity index is 2.58. The number of nitrogens with one attached hydrogen (secondary N) is 2. The van der Waals surface area contributed by atoms with Crippen molar-refractivity contribution in [2.75, 3.05) is 7.05 Å². The molecular formula is C10H12ClN3. The first-order valence-corrected chi connectivity index (χ1v) is 4.88. The molecule has 4 heteroatoms. The van der Waals surface area contributed by atoms with Crippen molar-refractivity contribution in [2.45, 2.75) is 13.5 Å². The monoisotopic (exact) mass is 209 g/mol. The SMILES string of the molecule is CNCc1cc2[nH]c(C)nc2cc1Cl. The molecular weight excluding hydrogens is 198 g/mol. The molecule has 0 amide bonds. The highest BCUT2D eigenvalue weighted by molar-refractivity contribution is 6.32. The Kier molecular flexibility index (Phi) is 2.44. The van der Waals surface area contributed by atoms with E-state index in [1.165, 1.54) is 0 Å². The van der Waals surface area contributed by atoms with E-state index in [0.29, 0.717) is 0 Å². The Morgan fingerprint density at radius 2 is 2.29 bits per heavy atom. The van der Waals surface area contributed by atoms with Crippen molar-refractivity contribution in [3.05, 3.63) is 28.5 Å². The van der Waals surface area contributed by atoms with Gasteiger partial charge in [0.05, 0.1) is 11.0 Å². The predicted molar refractivity (Wildman–Crippen MR) is 58.6 cm³/mol. The maximum Gasteiger partial charge on any atom is 0.104 e. The van der Waals surface area contributed by atoms with Gasteiger partial charge in [0.25, 0.3) is 0 Å². The molecule has 0 bridgehead atoms. The van der Waals surface area contributed by atoms with Crippen LogP contribution in [0, 0.1) is 6.92 Å². The zero-order valence-corrected chi connectivity index (χ0v) is 8.94. The number of rotatable bonds is 2. The van der Waals surface area contributed by atoms with Crippen molar-refractivity contribution in [1.29, 1.82) is 0 Å². The van der Waals surface area contributed by atoms with Crippen LogP contribution in [0.4, 0.5) is 0 Å². The molecule has 0 fully saturated rings. The van der Waals surface area contributed by atoms with Gasteiger partial charge in [-0.15, -0.1) is 0 Å². The van der Waals surface area contributed by atoms with E-state index in [0.717, 1.165) is 34.0 Å². The second-order valence-corrected chi connectivity index (χ2v) is 3.72. The fourth-order valence-electron chi connectivity index (χ4n) is 1.53. The number of aromatic nitrogens is 2. The topological polar surface area (TPSA) is 40.7 Å². The van der Waals surface area contributed by atoms with E-state index in [2.05, 4.69) is 15.3 Å². The molecule has 0 saturated heterocycles. The van der Waals surface area contributed by atoms with Gasteiger partial charge in [-0.3, -0.25) is 0 Å². The highest BCUT2D eigenvalue weighted by Crippen LogP contribution is 2.22. The highest BCUT2D eigenvalue weighted by Gasteiger charge is 2.05. The summed E-state index contributed by atoms with van der Waals surface area (Å²) in [5, 5.41) is 3.84. The van der Waals surface area contributed by atoms with Crippen LogP contribution in [0.2, 0.25) is 5.02 Å². The summed E-state index contributed by atoms with van der Waals surface area (Å²) in [5.41, 5.74) is 3.05. The minimum atomic E-state index is 0.762. The standard InChI is InChI=1S/C10H12ClN3/c1-6-13-9-3-7(5-12-2)8(11)4-10(9)14-6/h3-4,12H,5H2,1-2H3,(H,13,14). The lowest BCUT2D eigenvalue weighted by atomic mass is 10.2. The van der Waals surface area contributed by atoms with Crippen LogP contribution in [0.3, 0.4) is 0 Å². The molecule has 2 N–H and O–H groups in total. The van der Waals surface area contributed by atoms with Crippen LogP contribution < -0.4 is 5.32 Å². The Morgan fingerprint density at radius 1 is 1.50 bits per heavy atom. The van der Waals surface area contributed by atoms with E-state index in [1.54, 1.807) is 0 Å². The molecule has 0 aliphatic heterocycles. The first-order chi connectivity index (χ1) is 6.70. The molecule has 0 atom stereocenters. The second-order valence-electron chi connectivity index (χ2n) is 3.31. The van der Waals surface area contributed by atoms with Crippen LogP contribution >= 0.6 is 11.6 Å². The molecule has 0 saturated carbocycles. The number of aromatic amines is 1. The molecule has 74 valence electrons. The summed E-state index contributed by atoms with van der Waals surface area (Å²) in [6, 6.07) is 3.93. The van der Waals surface area contributed by atoms with Gasteiger partial charge in [-0.05, 0) is 31.7 Å². The zero-order valence-electron chi connectivity index (χ0n) is 8.19. The molecule has 0 aliphatic carbocycles. The third kappa shape index (κ3) is 1.61. The molecule has 2 aromatic rings. The van der Waals surface area contributed by atoms with E-state index in [1.807, 2.05) is 26.1 Å². The summed E-state index contributed by atoms with van der Waals surface area (Å²) in [6.07, 6.45) is 0. The number of halogens is 1. The van der Waals surface area contributed by atoms with E-state index in [-0.39, 0.29) is 0 Å². The number of hydrogen-bond acceptors (Lipinski definition) is 2. The van der Waals surface area contributed by atoms with Crippen molar-refractivity contribution in [1.82, 2.24) is 15.3 Å². The van der Waals surface area contributed by atoms with Crippen molar-refractivity contribution in [3.63, 3.8) is 0 Å². The lowest BCUT2D eigenvalue weighted by Crippen LogP contribution is -2.05. The van der Waals surface area contributed by atoms with Crippen molar-refractivity contribution in [3.8, 4) is 0 Å². The van der Waals surface area contributed by atoms with Gasteiger partial charge in [0.1, 0.15) is 5.82 Å². The normalized spacial score (nSPS) is 11.1. The largest absolute Gasteiger partial charge is 0.342 e. The number of aryl methyl sites for hydroxylation is 1. The average Bonchev–Trinajstić information content (AvgIpc) is 2.45. The number of hydrogen-bond donors (Lipinski definition) is 2. The summed E-state index contributed by atoms with van der Waals surface area (Å²) >= 11 is 6.10. The number of fused-ring (bicyclic) bond motifs is 1. The first-order valence-electron chi connectivity index (χ1n) is 4.50.